The van der Waals surface area contributed by atoms with E-state index in [0.717, 1.165) is 18.8 Å². The first-order chi connectivity index (χ1) is 22.3. The van der Waals surface area contributed by atoms with Crippen molar-refractivity contribution in [2.24, 2.45) is 20.5 Å². The molecule has 242 valence electrons. The van der Waals surface area contributed by atoms with Gasteiger partial charge in [-0.15, -0.1) is 20.5 Å². The second-order valence-corrected chi connectivity index (χ2v) is 13.2. The van der Waals surface area contributed by atoms with E-state index in [0.29, 0.717) is 27.8 Å². The van der Waals surface area contributed by atoms with Crippen LogP contribution in [0.4, 0.5) is 34.1 Å². The summed E-state index contributed by atoms with van der Waals surface area (Å²) in [5, 5.41) is 21.6. The zero-order chi connectivity index (χ0) is 33.9. The molecule has 3 N–H and O–H groups in total. The van der Waals surface area contributed by atoms with Crippen LogP contribution in [-0.2, 0) is 25.0 Å². The molecule has 0 aromatic heterocycles. The highest BCUT2D eigenvalue weighted by molar-refractivity contribution is 7.86. The predicted octanol–water partition coefficient (Wildman–Crippen LogP) is 8.12. The van der Waals surface area contributed by atoms with E-state index in [-0.39, 0.29) is 37.8 Å². The fourth-order valence-electron chi connectivity index (χ4n) is 5.10. The number of nitrogens with zero attached hydrogens (tertiary/aromatic N) is 5. The summed E-state index contributed by atoms with van der Waals surface area (Å²) < 4.78 is 67.2. The van der Waals surface area contributed by atoms with Gasteiger partial charge in [-0.05, 0) is 68.4 Å². The average Bonchev–Trinajstić information content (AvgIpc) is 3.02. The maximum atomic E-state index is 12.0. The number of nitrogens with one attached hydrogen (secondary N) is 1. The van der Waals surface area contributed by atoms with E-state index in [1.807, 2.05) is 26.0 Å². The number of rotatable bonds is 10. The number of azo groups is 2. The van der Waals surface area contributed by atoms with Crippen molar-refractivity contribution in [2.45, 2.75) is 30.6 Å². The second kappa shape index (κ2) is 13.3. The number of anilines is 2. The molecule has 0 heterocycles. The van der Waals surface area contributed by atoms with Crippen LogP contribution in [-0.4, -0.2) is 44.9 Å². The van der Waals surface area contributed by atoms with Crippen molar-refractivity contribution in [3.05, 3.63) is 84.9 Å². The summed E-state index contributed by atoms with van der Waals surface area (Å²) in [6.45, 7) is 6.98. The van der Waals surface area contributed by atoms with Crippen LogP contribution < -0.4 is 10.2 Å². The lowest BCUT2D eigenvalue weighted by atomic mass is 10.1. The molecule has 15 heteroatoms. The van der Waals surface area contributed by atoms with Crippen LogP contribution in [0.2, 0.25) is 0 Å². The van der Waals surface area contributed by atoms with E-state index >= 15 is 0 Å². The molecule has 0 fully saturated rings. The molecule has 0 aliphatic heterocycles. The lowest BCUT2D eigenvalue weighted by molar-refractivity contribution is -0.114. The Labute approximate surface area is 271 Å². The maximum Gasteiger partial charge on any atom is 0.295 e. The Kier molecular flexibility index (Phi) is 9.44. The molecule has 0 saturated carbocycles. The minimum Gasteiger partial charge on any atom is -0.372 e. The molecular formula is C32H30N6O7S2. The highest BCUT2D eigenvalue weighted by Gasteiger charge is 2.17. The molecular weight excluding hydrogens is 645 g/mol. The number of carbonyl (C=O) groups excluding carboxylic acids is 1. The minimum absolute atomic E-state index is 0.217. The van der Waals surface area contributed by atoms with Crippen LogP contribution >= 0.6 is 0 Å². The van der Waals surface area contributed by atoms with E-state index in [1.54, 1.807) is 36.4 Å². The molecule has 0 aliphatic rings. The van der Waals surface area contributed by atoms with Gasteiger partial charge >= 0.3 is 0 Å². The van der Waals surface area contributed by atoms with Crippen LogP contribution in [0.3, 0.4) is 0 Å². The largest absolute Gasteiger partial charge is 0.372 e. The monoisotopic (exact) mass is 674 g/mol. The van der Waals surface area contributed by atoms with E-state index in [2.05, 4.69) is 30.7 Å². The highest BCUT2D eigenvalue weighted by atomic mass is 32.2. The van der Waals surface area contributed by atoms with Crippen molar-refractivity contribution in [3.8, 4) is 0 Å². The van der Waals surface area contributed by atoms with Gasteiger partial charge in [0, 0.05) is 47.2 Å². The number of hydrogen-bond donors (Lipinski definition) is 3. The van der Waals surface area contributed by atoms with E-state index in [4.69, 9.17) is 0 Å². The third-order valence-electron chi connectivity index (χ3n) is 7.33. The number of hydrogen-bond acceptors (Lipinski definition) is 10. The van der Waals surface area contributed by atoms with Crippen LogP contribution in [0.1, 0.15) is 20.8 Å². The Balaban J connectivity index is 1.61. The Morgan fingerprint density at radius 1 is 0.660 bits per heavy atom. The predicted molar refractivity (Wildman–Crippen MR) is 180 cm³/mol. The number of carbonyl (C=O) groups is 1. The standard InChI is InChI=1S/C32H30N6O7S2/c1-4-38(5-2)21-10-13-30(31(18-21)33-20(3)39)37-35-27-14-15-29(26-19-22(46(40,41)42)11-12-24(26)27)36-34-28-16-17-32(47(43,44)45)25-9-7-6-8-23(25)28/h6-19H,4-5H2,1-3H3,(H,33,39)(H,40,41,42)(H,43,44,45). The second-order valence-electron chi connectivity index (χ2n) is 10.3. The van der Waals surface area contributed by atoms with Gasteiger partial charge in [0.1, 0.15) is 10.6 Å². The first-order valence-corrected chi connectivity index (χ1v) is 17.2. The molecule has 13 nitrogen and oxygen atoms in total. The van der Waals surface area contributed by atoms with Gasteiger partial charge < -0.3 is 10.2 Å². The SMILES string of the molecule is CCN(CC)c1ccc(N=Nc2ccc(N=Nc3ccc(S(=O)(=O)O)c4ccccc34)c3cc(S(=O)(=O)O)ccc23)c(NC(C)=O)c1. The molecule has 0 saturated heterocycles. The third-order valence-corrected chi connectivity index (χ3v) is 9.09. The smallest absolute Gasteiger partial charge is 0.295 e. The lowest BCUT2D eigenvalue weighted by Crippen LogP contribution is -2.21. The van der Waals surface area contributed by atoms with E-state index in [9.17, 15) is 30.7 Å². The van der Waals surface area contributed by atoms with Crippen molar-refractivity contribution in [1.82, 2.24) is 0 Å². The summed E-state index contributed by atoms with van der Waals surface area (Å²) in [6, 6.07) is 21.5. The van der Waals surface area contributed by atoms with Crippen molar-refractivity contribution < 1.29 is 30.7 Å². The van der Waals surface area contributed by atoms with Crippen molar-refractivity contribution in [2.75, 3.05) is 23.3 Å². The minimum atomic E-state index is -4.58. The van der Waals surface area contributed by atoms with Crippen LogP contribution in [0, 0.1) is 0 Å². The van der Waals surface area contributed by atoms with Crippen molar-refractivity contribution >= 4 is 81.8 Å². The summed E-state index contributed by atoms with van der Waals surface area (Å²) in [6.07, 6.45) is 0. The van der Waals surface area contributed by atoms with Gasteiger partial charge in [0.05, 0.1) is 27.6 Å². The quantitative estimate of drug-likeness (QED) is 0.0977. The third kappa shape index (κ3) is 7.33. The summed E-state index contributed by atoms with van der Waals surface area (Å²) >= 11 is 0. The maximum absolute atomic E-state index is 12.0. The molecule has 5 aromatic rings. The normalized spacial score (nSPS) is 12.4. The van der Waals surface area contributed by atoms with Crippen LogP contribution in [0.5, 0.6) is 0 Å². The van der Waals surface area contributed by atoms with Crippen molar-refractivity contribution in [1.29, 1.82) is 0 Å². The summed E-state index contributed by atoms with van der Waals surface area (Å²) in [4.78, 5) is 13.4. The molecule has 1 amide bonds. The molecule has 0 atom stereocenters. The zero-order valence-electron chi connectivity index (χ0n) is 25.5. The molecule has 0 bridgehead atoms. The van der Waals surface area contributed by atoms with Gasteiger partial charge in [0.2, 0.25) is 5.91 Å². The fraction of sp³-hybridized carbons (Fsp3) is 0.156. The molecule has 0 aliphatic carbocycles. The Morgan fingerprint density at radius 2 is 1.19 bits per heavy atom. The summed E-state index contributed by atoms with van der Waals surface area (Å²) in [5.41, 5.74) is 2.59. The van der Waals surface area contributed by atoms with Gasteiger partial charge in [-0.3, -0.25) is 13.9 Å². The number of benzene rings is 5. The molecule has 5 aromatic carbocycles. The first kappa shape index (κ1) is 33.3. The van der Waals surface area contributed by atoms with Gasteiger partial charge in [0.15, 0.2) is 0 Å². The Hall–Kier alpha value is -5.09. The summed E-state index contributed by atoms with van der Waals surface area (Å²) in [5.74, 6) is -0.281. The number of amides is 1. The van der Waals surface area contributed by atoms with E-state index < -0.39 is 20.2 Å². The molecule has 0 spiro atoms. The molecule has 0 unspecified atom stereocenters. The van der Waals surface area contributed by atoms with Gasteiger partial charge in [-0.1, -0.05) is 30.3 Å². The van der Waals surface area contributed by atoms with Gasteiger partial charge in [-0.25, -0.2) is 0 Å². The van der Waals surface area contributed by atoms with Crippen LogP contribution in [0.25, 0.3) is 21.5 Å². The zero-order valence-corrected chi connectivity index (χ0v) is 27.1. The van der Waals surface area contributed by atoms with Crippen molar-refractivity contribution in [3.63, 3.8) is 0 Å². The Morgan fingerprint density at radius 3 is 1.77 bits per heavy atom. The molecule has 47 heavy (non-hydrogen) atoms. The molecule has 0 radical (unpaired) electrons. The topological polar surface area (TPSA) is 191 Å². The first-order valence-electron chi connectivity index (χ1n) is 14.3. The number of fused-ring (bicyclic) bond motifs is 2. The van der Waals surface area contributed by atoms with E-state index in [1.165, 1.54) is 43.3 Å². The summed E-state index contributed by atoms with van der Waals surface area (Å²) in [7, 11) is -9.08. The average molecular weight is 675 g/mol. The fourth-order valence-corrected chi connectivity index (χ4v) is 6.30. The lowest BCUT2D eigenvalue weighted by Gasteiger charge is -2.22. The highest BCUT2D eigenvalue weighted by Crippen LogP contribution is 2.39. The van der Waals surface area contributed by atoms with Crippen LogP contribution in [0.15, 0.2) is 115 Å². The Bertz CT molecular complexity index is 2300. The van der Waals surface area contributed by atoms with Gasteiger partial charge in [-0.2, -0.15) is 16.8 Å². The van der Waals surface area contributed by atoms with Gasteiger partial charge in [0.25, 0.3) is 20.2 Å². The molecule has 5 rings (SSSR count).